The second-order valence-electron chi connectivity index (χ2n) is 4.88. The molecule has 0 unspecified atom stereocenters. The van der Waals surface area contributed by atoms with Gasteiger partial charge in [-0.05, 0) is 43.3 Å². The summed E-state index contributed by atoms with van der Waals surface area (Å²) in [6.45, 7) is 1.98. The summed E-state index contributed by atoms with van der Waals surface area (Å²) in [4.78, 5) is 12.1. The van der Waals surface area contributed by atoms with E-state index in [1.54, 1.807) is 12.1 Å². The van der Waals surface area contributed by atoms with E-state index < -0.39 is 0 Å². The molecule has 0 saturated heterocycles. The van der Waals surface area contributed by atoms with Gasteiger partial charge in [-0.3, -0.25) is 9.80 Å². The van der Waals surface area contributed by atoms with Gasteiger partial charge in [0.05, 0.1) is 11.4 Å². The molecule has 0 amide bonds. The summed E-state index contributed by atoms with van der Waals surface area (Å²) in [6, 6.07) is 13.6. The number of hydrogen-bond donors (Lipinski definition) is 3. The standard InChI is InChI=1S/C16H18N4O2S/c1-11-2-6-13(7-3-11)20(18)16(19-17)23-10-15(22)12-4-8-14(21)9-5-12/h2-9,21H,10,17-18H2,1H3/b19-16+. The minimum atomic E-state index is -0.103. The molecule has 0 bridgehead atoms. The molecule has 0 aliphatic rings. The fraction of sp³-hybridized carbons (Fsp3) is 0.125. The van der Waals surface area contributed by atoms with Crippen molar-refractivity contribution >= 4 is 28.4 Å². The van der Waals surface area contributed by atoms with Gasteiger partial charge in [0.1, 0.15) is 5.75 Å². The maximum Gasteiger partial charge on any atom is 0.201 e. The number of phenolic OH excluding ortho intramolecular Hbond substituents is 1. The lowest BCUT2D eigenvalue weighted by atomic mass is 10.1. The fourth-order valence-corrected chi connectivity index (χ4v) is 2.59. The van der Waals surface area contributed by atoms with Crippen LogP contribution in [0, 0.1) is 6.92 Å². The Kier molecular flexibility index (Phi) is 5.61. The average Bonchev–Trinajstić information content (AvgIpc) is 2.56. The van der Waals surface area contributed by atoms with Crippen molar-refractivity contribution in [2.75, 3.05) is 10.8 Å². The Morgan fingerprint density at radius 2 is 1.78 bits per heavy atom. The number of carbonyl (C=O) groups is 1. The van der Waals surface area contributed by atoms with Crippen LogP contribution in [-0.4, -0.2) is 21.8 Å². The lowest BCUT2D eigenvalue weighted by molar-refractivity contribution is 0.102. The molecule has 7 heteroatoms. The highest BCUT2D eigenvalue weighted by molar-refractivity contribution is 8.14. The van der Waals surface area contributed by atoms with Crippen LogP contribution in [0.3, 0.4) is 0 Å². The number of rotatable bonds is 4. The molecule has 0 fully saturated rings. The van der Waals surface area contributed by atoms with E-state index in [9.17, 15) is 9.90 Å². The predicted octanol–water partition coefficient (Wildman–Crippen LogP) is 2.23. The summed E-state index contributed by atoms with van der Waals surface area (Å²) in [5.74, 6) is 11.5. The van der Waals surface area contributed by atoms with Crippen molar-refractivity contribution < 1.29 is 9.90 Å². The van der Waals surface area contributed by atoms with Crippen LogP contribution in [0.25, 0.3) is 0 Å². The molecule has 2 aromatic rings. The highest BCUT2D eigenvalue weighted by Crippen LogP contribution is 2.18. The molecular weight excluding hydrogens is 312 g/mol. The predicted molar refractivity (Wildman–Crippen MR) is 94.4 cm³/mol. The minimum Gasteiger partial charge on any atom is -0.508 e. The van der Waals surface area contributed by atoms with Crippen LogP contribution in [0.15, 0.2) is 53.6 Å². The number of benzene rings is 2. The Balaban J connectivity index is 2.01. The molecule has 0 aromatic heterocycles. The van der Waals surface area contributed by atoms with Crippen LogP contribution in [0.1, 0.15) is 15.9 Å². The molecule has 0 aliphatic heterocycles. The van der Waals surface area contributed by atoms with Gasteiger partial charge in [-0.15, -0.1) is 0 Å². The number of nitrogens with two attached hydrogens (primary N) is 2. The Morgan fingerprint density at radius 3 is 2.35 bits per heavy atom. The zero-order chi connectivity index (χ0) is 16.8. The first kappa shape index (κ1) is 16.9. The third-order valence-electron chi connectivity index (χ3n) is 3.15. The Morgan fingerprint density at radius 1 is 1.17 bits per heavy atom. The number of anilines is 1. The van der Waals surface area contributed by atoms with Gasteiger partial charge in [-0.1, -0.05) is 29.5 Å². The first-order chi connectivity index (χ1) is 11.0. The maximum atomic E-state index is 12.1. The van der Waals surface area contributed by atoms with E-state index in [1.807, 2.05) is 31.2 Å². The van der Waals surface area contributed by atoms with Gasteiger partial charge in [-0.25, -0.2) is 5.84 Å². The number of aromatic hydroxyl groups is 1. The summed E-state index contributed by atoms with van der Waals surface area (Å²) in [6.07, 6.45) is 0. The van der Waals surface area contributed by atoms with Crippen molar-refractivity contribution in [3.05, 3.63) is 59.7 Å². The van der Waals surface area contributed by atoms with E-state index in [0.29, 0.717) is 10.7 Å². The van der Waals surface area contributed by atoms with E-state index in [0.717, 1.165) is 23.0 Å². The SMILES string of the molecule is Cc1ccc(N(N)/C(=N\N)SCC(=O)c2ccc(O)cc2)cc1. The normalized spacial score (nSPS) is 11.3. The van der Waals surface area contributed by atoms with Gasteiger partial charge >= 0.3 is 0 Å². The van der Waals surface area contributed by atoms with Gasteiger partial charge in [-0.2, -0.15) is 5.10 Å². The zero-order valence-corrected chi connectivity index (χ0v) is 13.5. The van der Waals surface area contributed by atoms with E-state index >= 15 is 0 Å². The van der Waals surface area contributed by atoms with E-state index in [1.165, 1.54) is 17.1 Å². The number of Topliss-reactive ketones (excluding diaryl/α,β-unsaturated/α-hetero) is 1. The van der Waals surface area contributed by atoms with Crippen molar-refractivity contribution in [1.29, 1.82) is 0 Å². The van der Waals surface area contributed by atoms with Crippen LogP contribution >= 0.6 is 11.8 Å². The smallest absolute Gasteiger partial charge is 0.201 e. The molecule has 0 heterocycles. The molecule has 0 aliphatic carbocycles. The third-order valence-corrected chi connectivity index (χ3v) is 4.12. The van der Waals surface area contributed by atoms with Gasteiger partial charge in [0, 0.05) is 5.56 Å². The van der Waals surface area contributed by atoms with Crippen molar-refractivity contribution in [3.8, 4) is 5.75 Å². The molecule has 0 radical (unpaired) electrons. The van der Waals surface area contributed by atoms with Crippen molar-refractivity contribution in [1.82, 2.24) is 0 Å². The molecule has 120 valence electrons. The van der Waals surface area contributed by atoms with Crippen LogP contribution < -0.4 is 16.7 Å². The highest BCUT2D eigenvalue weighted by Gasteiger charge is 2.14. The second-order valence-corrected chi connectivity index (χ2v) is 5.82. The summed E-state index contributed by atoms with van der Waals surface area (Å²) in [5.41, 5.74) is 2.35. The molecule has 0 spiro atoms. The van der Waals surface area contributed by atoms with Crippen molar-refractivity contribution in [3.63, 3.8) is 0 Å². The van der Waals surface area contributed by atoms with Gasteiger partial charge in [0.15, 0.2) is 5.78 Å². The molecule has 5 N–H and O–H groups in total. The number of phenols is 1. The van der Waals surface area contributed by atoms with Crippen LogP contribution in [0.5, 0.6) is 5.75 Å². The van der Waals surface area contributed by atoms with Crippen LogP contribution in [0.4, 0.5) is 5.69 Å². The first-order valence-corrected chi connectivity index (χ1v) is 7.84. The highest BCUT2D eigenvalue weighted by atomic mass is 32.2. The molecule has 0 atom stereocenters. The number of hydrazine groups is 1. The summed E-state index contributed by atoms with van der Waals surface area (Å²) in [5, 5.41) is 14.6. The number of hydrogen-bond acceptors (Lipinski definition) is 6. The number of hydrazone groups is 1. The van der Waals surface area contributed by atoms with Gasteiger partial charge < -0.3 is 10.9 Å². The molecule has 2 rings (SSSR count). The number of thioether (sulfide) groups is 1. The summed E-state index contributed by atoms with van der Waals surface area (Å²) in [7, 11) is 0. The van der Waals surface area contributed by atoms with E-state index in [4.69, 9.17) is 11.7 Å². The Bertz CT molecular complexity index is 699. The summed E-state index contributed by atoms with van der Waals surface area (Å²) >= 11 is 1.15. The lowest BCUT2D eigenvalue weighted by Gasteiger charge is -2.19. The Hall–Kier alpha value is -2.51. The number of amidine groups is 1. The molecule has 2 aromatic carbocycles. The van der Waals surface area contributed by atoms with Crippen molar-refractivity contribution in [2.24, 2.45) is 16.8 Å². The monoisotopic (exact) mass is 330 g/mol. The summed E-state index contributed by atoms with van der Waals surface area (Å²) < 4.78 is 0. The average molecular weight is 330 g/mol. The molecule has 23 heavy (non-hydrogen) atoms. The van der Waals surface area contributed by atoms with Crippen molar-refractivity contribution in [2.45, 2.75) is 6.92 Å². The minimum absolute atomic E-state index is 0.103. The number of carbonyl (C=O) groups excluding carboxylic acids is 1. The molecular formula is C16H18N4O2S. The number of ketones is 1. The van der Waals surface area contributed by atoms with E-state index in [2.05, 4.69) is 5.10 Å². The zero-order valence-electron chi connectivity index (χ0n) is 12.6. The largest absolute Gasteiger partial charge is 0.508 e. The topological polar surface area (TPSA) is 105 Å². The van der Waals surface area contributed by atoms with Crippen LogP contribution in [0.2, 0.25) is 0 Å². The Labute approximate surface area is 138 Å². The maximum absolute atomic E-state index is 12.1. The fourth-order valence-electron chi connectivity index (χ4n) is 1.85. The second kappa shape index (κ2) is 7.66. The quantitative estimate of drug-likeness (QED) is 0.261. The first-order valence-electron chi connectivity index (χ1n) is 6.85. The van der Waals surface area contributed by atoms with Gasteiger partial charge in [0.2, 0.25) is 5.17 Å². The van der Waals surface area contributed by atoms with E-state index in [-0.39, 0.29) is 17.3 Å². The molecule has 6 nitrogen and oxygen atoms in total. The van der Waals surface area contributed by atoms with Gasteiger partial charge in [0.25, 0.3) is 0 Å². The number of aryl methyl sites for hydroxylation is 1. The third kappa shape index (κ3) is 4.48. The lowest BCUT2D eigenvalue weighted by Crippen LogP contribution is -2.36. The number of nitrogens with zero attached hydrogens (tertiary/aromatic N) is 2. The van der Waals surface area contributed by atoms with Crippen LogP contribution in [-0.2, 0) is 0 Å². The molecule has 0 saturated carbocycles.